The van der Waals surface area contributed by atoms with Gasteiger partial charge in [-0.25, -0.2) is 8.42 Å². The normalized spacial score (nSPS) is 12.2. The second-order valence-corrected chi connectivity index (χ2v) is 5.29. The van der Waals surface area contributed by atoms with E-state index in [0.717, 1.165) is 24.3 Å². The molecular formula is C9H9F3N2O3S. The van der Waals surface area contributed by atoms with Crippen molar-refractivity contribution < 1.29 is 26.3 Å². The van der Waals surface area contributed by atoms with E-state index in [1.54, 1.807) is 0 Å². The van der Waals surface area contributed by atoms with E-state index in [2.05, 4.69) is 4.74 Å². The number of alkyl halides is 3. The standard InChI is InChI=1S/C9H9F3N2O3S/c10-9(11,12)17-6-1-3-7(4-2-6)18(15,16)5-8(13)14/h1-4H,5H2,(H3,13,14). The number of hydrogen-bond acceptors (Lipinski definition) is 4. The van der Waals surface area contributed by atoms with Crippen LogP contribution in [0.15, 0.2) is 29.2 Å². The minimum absolute atomic E-state index is 0.229. The number of rotatable bonds is 4. The van der Waals surface area contributed by atoms with E-state index in [9.17, 15) is 21.6 Å². The maximum absolute atomic E-state index is 11.9. The molecular weight excluding hydrogens is 273 g/mol. The van der Waals surface area contributed by atoms with Gasteiger partial charge in [0, 0.05) is 0 Å². The number of amidine groups is 1. The molecule has 0 saturated carbocycles. The average molecular weight is 282 g/mol. The Hall–Kier alpha value is -1.77. The summed E-state index contributed by atoms with van der Waals surface area (Å²) >= 11 is 0. The lowest BCUT2D eigenvalue weighted by atomic mass is 10.3. The lowest BCUT2D eigenvalue weighted by Crippen LogP contribution is -2.22. The van der Waals surface area contributed by atoms with Gasteiger partial charge in [0.25, 0.3) is 0 Å². The number of ether oxygens (including phenoxy) is 1. The Morgan fingerprint density at radius 1 is 1.28 bits per heavy atom. The number of sulfone groups is 1. The zero-order valence-corrected chi connectivity index (χ0v) is 9.68. The van der Waals surface area contributed by atoms with Crippen LogP contribution in [0.2, 0.25) is 0 Å². The van der Waals surface area contributed by atoms with Crippen molar-refractivity contribution in [3.05, 3.63) is 24.3 Å². The van der Waals surface area contributed by atoms with Crippen LogP contribution in [0, 0.1) is 5.41 Å². The maximum atomic E-state index is 11.9. The van der Waals surface area contributed by atoms with Gasteiger partial charge >= 0.3 is 6.36 Å². The summed E-state index contributed by atoms with van der Waals surface area (Å²) in [5, 5.41) is 6.88. The summed E-state index contributed by atoms with van der Waals surface area (Å²) in [5.74, 6) is -1.76. The van der Waals surface area contributed by atoms with Crippen LogP contribution in [0.4, 0.5) is 13.2 Å². The van der Waals surface area contributed by atoms with Crippen molar-refractivity contribution >= 4 is 15.7 Å². The molecule has 0 spiro atoms. The van der Waals surface area contributed by atoms with Crippen LogP contribution in [0.3, 0.4) is 0 Å². The Morgan fingerprint density at radius 3 is 2.17 bits per heavy atom. The van der Waals surface area contributed by atoms with Gasteiger partial charge < -0.3 is 10.5 Å². The highest BCUT2D eigenvalue weighted by atomic mass is 32.2. The molecule has 0 fully saturated rings. The van der Waals surface area contributed by atoms with E-state index in [1.165, 1.54) is 0 Å². The fourth-order valence-corrected chi connectivity index (χ4v) is 2.26. The minimum atomic E-state index is -4.83. The predicted octanol–water partition coefficient (Wildman–Crippen LogP) is 1.29. The van der Waals surface area contributed by atoms with Crippen molar-refractivity contribution in [3.8, 4) is 5.75 Å². The average Bonchev–Trinajstić information content (AvgIpc) is 2.13. The SMILES string of the molecule is N=C(N)CS(=O)(=O)c1ccc(OC(F)(F)F)cc1. The zero-order chi connectivity index (χ0) is 14.0. The van der Waals surface area contributed by atoms with Gasteiger partial charge in [-0.1, -0.05) is 0 Å². The quantitative estimate of drug-likeness (QED) is 0.643. The summed E-state index contributed by atoms with van der Waals surface area (Å²) in [5.41, 5.74) is 4.96. The summed E-state index contributed by atoms with van der Waals surface area (Å²) in [4.78, 5) is -0.229. The first-order valence-electron chi connectivity index (χ1n) is 4.51. The summed E-state index contributed by atoms with van der Waals surface area (Å²) in [6.45, 7) is 0. The fourth-order valence-electron chi connectivity index (χ4n) is 1.14. The minimum Gasteiger partial charge on any atom is -0.406 e. The van der Waals surface area contributed by atoms with E-state index in [4.69, 9.17) is 11.1 Å². The maximum Gasteiger partial charge on any atom is 0.573 e. The number of benzene rings is 1. The van der Waals surface area contributed by atoms with Gasteiger partial charge in [0.15, 0.2) is 9.84 Å². The topological polar surface area (TPSA) is 93.2 Å². The first-order chi connectivity index (χ1) is 8.10. The molecule has 1 rings (SSSR count). The zero-order valence-electron chi connectivity index (χ0n) is 8.86. The van der Waals surface area contributed by atoms with Gasteiger partial charge in [0.2, 0.25) is 0 Å². The van der Waals surface area contributed by atoms with E-state index < -0.39 is 33.5 Å². The van der Waals surface area contributed by atoms with Crippen LogP contribution in [0.25, 0.3) is 0 Å². The summed E-state index contributed by atoms with van der Waals surface area (Å²) in [6, 6.07) is 3.67. The van der Waals surface area contributed by atoms with Crippen molar-refractivity contribution in [1.82, 2.24) is 0 Å². The smallest absolute Gasteiger partial charge is 0.406 e. The summed E-state index contributed by atoms with van der Waals surface area (Å²) in [7, 11) is -3.81. The molecule has 0 aliphatic heterocycles. The van der Waals surface area contributed by atoms with E-state index in [1.807, 2.05) is 0 Å². The van der Waals surface area contributed by atoms with Gasteiger partial charge in [-0.15, -0.1) is 13.2 Å². The molecule has 0 saturated heterocycles. The van der Waals surface area contributed by atoms with Crippen LogP contribution in [0.5, 0.6) is 5.75 Å². The van der Waals surface area contributed by atoms with Gasteiger partial charge in [-0.05, 0) is 24.3 Å². The van der Waals surface area contributed by atoms with Gasteiger partial charge in [-0.3, -0.25) is 5.41 Å². The van der Waals surface area contributed by atoms with Crippen LogP contribution >= 0.6 is 0 Å². The summed E-state index contributed by atoms with van der Waals surface area (Å²) in [6.07, 6.45) is -4.83. The molecule has 100 valence electrons. The molecule has 9 heteroatoms. The number of nitrogens with one attached hydrogen (secondary N) is 1. The second kappa shape index (κ2) is 4.84. The fraction of sp³-hybridized carbons (Fsp3) is 0.222. The molecule has 0 radical (unpaired) electrons. The number of hydrogen-bond donors (Lipinski definition) is 2. The second-order valence-electron chi connectivity index (χ2n) is 3.30. The molecule has 0 atom stereocenters. The first kappa shape index (κ1) is 14.3. The van der Waals surface area contributed by atoms with E-state index in [0.29, 0.717) is 0 Å². The molecule has 1 aromatic carbocycles. The Bertz CT molecular complexity index is 537. The van der Waals surface area contributed by atoms with Gasteiger partial charge in [0.05, 0.1) is 4.90 Å². The highest BCUT2D eigenvalue weighted by Gasteiger charge is 2.31. The Balaban J connectivity index is 2.93. The van der Waals surface area contributed by atoms with Crippen LogP contribution < -0.4 is 10.5 Å². The Morgan fingerprint density at radius 2 is 1.78 bits per heavy atom. The molecule has 0 amide bonds. The highest BCUT2D eigenvalue weighted by Crippen LogP contribution is 2.24. The number of nitrogens with two attached hydrogens (primary N) is 1. The van der Waals surface area contributed by atoms with Gasteiger partial charge in [0.1, 0.15) is 17.3 Å². The lowest BCUT2D eigenvalue weighted by molar-refractivity contribution is -0.274. The van der Waals surface area contributed by atoms with Crippen molar-refractivity contribution in [2.24, 2.45) is 5.73 Å². The molecule has 0 heterocycles. The summed E-state index contributed by atoms with van der Waals surface area (Å²) < 4.78 is 62.3. The largest absolute Gasteiger partial charge is 0.573 e. The molecule has 0 aliphatic carbocycles. The molecule has 0 aromatic heterocycles. The van der Waals surface area contributed by atoms with E-state index >= 15 is 0 Å². The van der Waals surface area contributed by atoms with Crippen molar-refractivity contribution in [2.45, 2.75) is 11.3 Å². The predicted molar refractivity (Wildman–Crippen MR) is 57.1 cm³/mol. The van der Waals surface area contributed by atoms with Crippen molar-refractivity contribution in [2.75, 3.05) is 5.75 Å². The molecule has 1 aromatic rings. The first-order valence-corrected chi connectivity index (χ1v) is 6.17. The third kappa shape index (κ3) is 4.24. The molecule has 0 bridgehead atoms. The van der Waals surface area contributed by atoms with Crippen LogP contribution in [-0.2, 0) is 9.84 Å². The molecule has 5 nitrogen and oxygen atoms in total. The van der Waals surface area contributed by atoms with E-state index in [-0.39, 0.29) is 4.90 Å². The Labute approximate surface area is 101 Å². The molecule has 3 N–H and O–H groups in total. The molecule has 0 aliphatic rings. The highest BCUT2D eigenvalue weighted by molar-refractivity contribution is 7.92. The third-order valence-corrected chi connectivity index (χ3v) is 3.44. The molecule has 18 heavy (non-hydrogen) atoms. The number of halogens is 3. The third-order valence-electron chi connectivity index (χ3n) is 1.76. The van der Waals surface area contributed by atoms with Crippen molar-refractivity contribution in [3.63, 3.8) is 0 Å². The van der Waals surface area contributed by atoms with Gasteiger partial charge in [-0.2, -0.15) is 0 Å². The van der Waals surface area contributed by atoms with Crippen LogP contribution in [0.1, 0.15) is 0 Å². The van der Waals surface area contributed by atoms with Crippen molar-refractivity contribution in [1.29, 1.82) is 5.41 Å². The monoisotopic (exact) mass is 282 g/mol. The molecule has 0 unspecified atom stereocenters. The Kier molecular flexibility index (Phi) is 3.85. The van der Waals surface area contributed by atoms with Crippen LogP contribution in [-0.4, -0.2) is 26.4 Å². The lowest BCUT2D eigenvalue weighted by Gasteiger charge is -2.09.